The average molecular weight is 645 g/mol. The molecule has 2 fully saturated rings. The SMILES string of the molecule is CC(C)n1nc(C(=O)O)cc1N1CCC(O)(c2ccc(OCc3c(C4CC4)cnn3-c3c(Cl)cccc3Cl)cc2Cl)CC1. The number of nitrogens with zero attached hydrogens (tertiary/aromatic N) is 5. The molecule has 1 saturated carbocycles. The molecule has 1 aliphatic heterocycles. The number of rotatable bonds is 9. The van der Waals surface area contributed by atoms with E-state index in [4.69, 9.17) is 39.5 Å². The number of para-hydroxylation sites is 1. The van der Waals surface area contributed by atoms with E-state index in [-0.39, 0.29) is 18.3 Å². The molecule has 0 bridgehead atoms. The van der Waals surface area contributed by atoms with Gasteiger partial charge < -0.3 is 19.8 Å². The van der Waals surface area contributed by atoms with Crippen molar-refractivity contribution < 1.29 is 19.7 Å². The van der Waals surface area contributed by atoms with Crippen molar-refractivity contribution in [2.75, 3.05) is 18.0 Å². The fourth-order valence-corrected chi connectivity index (χ4v) is 6.65. The number of piperidine rings is 1. The standard InChI is InChI=1S/C31H32Cl3N5O4/c1-18(2)38-28(15-26(36-38)30(40)41)37-12-10-31(42,11-13-37)22-9-8-20(14-25(22)34)43-17-27-21(19-6-7-19)16-35-39(27)29-23(32)4-3-5-24(29)33/h3-5,8-9,14-16,18-19,42H,6-7,10-13,17H2,1-2H3,(H,40,41). The summed E-state index contributed by atoms with van der Waals surface area (Å²) in [6.07, 6.45) is 4.91. The second-order valence-electron chi connectivity index (χ2n) is 11.5. The third-order valence-electron chi connectivity index (χ3n) is 8.22. The summed E-state index contributed by atoms with van der Waals surface area (Å²) in [4.78, 5) is 13.6. The van der Waals surface area contributed by atoms with Gasteiger partial charge in [0.25, 0.3) is 0 Å². The minimum atomic E-state index is -1.14. The van der Waals surface area contributed by atoms with Crippen LogP contribution in [0.1, 0.15) is 78.8 Å². The van der Waals surface area contributed by atoms with Crippen molar-refractivity contribution in [3.63, 3.8) is 0 Å². The molecule has 43 heavy (non-hydrogen) atoms. The van der Waals surface area contributed by atoms with Gasteiger partial charge in [0.15, 0.2) is 5.69 Å². The first kappa shape index (κ1) is 29.8. The van der Waals surface area contributed by atoms with Gasteiger partial charge in [-0.2, -0.15) is 10.2 Å². The molecule has 3 heterocycles. The number of hydrogen-bond acceptors (Lipinski definition) is 6. The number of hydrogen-bond donors (Lipinski definition) is 2. The first-order valence-corrected chi connectivity index (χ1v) is 15.4. The number of benzene rings is 2. The first-order chi connectivity index (χ1) is 20.6. The Morgan fingerprint density at radius 3 is 2.37 bits per heavy atom. The Labute approximate surface area is 264 Å². The van der Waals surface area contributed by atoms with Gasteiger partial charge >= 0.3 is 5.97 Å². The summed E-state index contributed by atoms with van der Waals surface area (Å²) < 4.78 is 9.69. The molecule has 2 aromatic carbocycles. The van der Waals surface area contributed by atoms with Gasteiger partial charge in [-0.25, -0.2) is 14.2 Å². The topological polar surface area (TPSA) is 106 Å². The summed E-state index contributed by atoms with van der Waals surface area (Å²) >= 11 is 19.8. The fraction of sp³-hybridized carbons (Fsp3) is 0.387. The van der Waals surface area contributed by atoms with E-state index < -0.39 is 11.6 Å². The van der Waals surface area contributed by atoms with Crippen molar-refractivity contribution in [3.8, 4) is 11.4 Å². The Bertz CT molecular complexity index is 1650. The van der Waals surface area contributed by atoms with Gasteiger partial charge in [0.1, 0.15) is 23.9 Å². The minimum absolute atomic E-state index is 0.00503. The zero-order chi connectivity index (χ0) is 30.5. The molecule has 1 aliphatic carbocycles. The Kier molecular flexibility index (Phi) is 8.10. The van der Waals surface area contributed by atoms with Crippen LogP contribution in [0.3, 0.4) is 0 Å². The molecule has 4 aromatic rings. The van der Waals surface area contributed by atoms with Gasteiger partial charge in [0.05, 0.1) is 32.6 Å². The van der Waals surface area contributed by atoms with E-state index in [0.717, 1.165) is 29.9 Å². The Balaban J connectivity index is 1.18. The van der Waals surface area contributed by atoms with Crippen LogP contribution in [0.25, 0.3) is 5.69 Å². The Hall–Kier alpha value is -3.24. The van der Waals surface area contributed by atoms with Gasteiger partial charge in [-0.15, -0.1) is 0 Å². The molecule has 2 aromatic heterocycles. The number of aromatic nitrogens is 4. The third-order valence-corrected chi connectivity index (χ3v) is 9.15. The van der Waals surface area contributed by atoms with Crippen LogP contribution >= 0.6 is 34.8 Å². The van der Waals surface area contributed by atoms with E-state index in [1.165, 1.54) is 0 Å². The zero-order valence-corrected chi connectivity index (χ0v) is 26.1. The lowest BCUT2D eigenvalue weighted by Gasteiger charge is -2.40. The van der Waals surface area contributed by atoms with Crippen LogP contribution < -0.4 is 9.64 Å². The second-order valence-corrected chi connectivity index (χ2v) is 12.7. The van der Waals surface area contributed by atoms with E-state index in [1.807, 2.05) is 32.2 Å². The predicted octanol–water partition coefficient (Wildman–Crippen LogP) is 7.25. The largest absolute Gasteiger partial charge is 0.487 e. The molecule has 6 rings (SSSR count). The summed E-state index contributed by atoms with van der Waals surface area (Å²) in [5.41, 5.74) is 2.13. The van der Waals surface area contributed by atoms with E-state index in [1.54, 1.807) is 39.7 Å². The molecule has 12 heteroatoms. The highest BCUT2D eigenvalue weighted by Gasteiger charge is 2.37. The summed E-state index contributed by atoms with van der Waals surface area (Å²) in [7, 11) is 0. The molecule has 1 saturated heterocycles. The first-order valence-electron chi connectivity index (χ1n) is 14.3. The Morgan fingerprint density at radius 1 is 1.07 bits per heavy atom. The lowest BCUT2D eigenvalue weighted by Crippen LogP contribution is -2.43. The van der Waals surface area contributed by atoms with Crippen molar-refractivity contribution in [2.24, 2.45) is 0 Å². The van der Waals surface area contributed by atoms with E-state index in [0.29, 0.717) is 63.9 Å². The highest BCUT2D eigenvalue weighted by atomic mass is 35.5. The molecule has 2 aliphatic rings. The number of aromatic carboxylic acids is 1. The number of carboxylic acids is 1. The third kappa shape index (κ3) is 5.83. The quantitative estimate of drug-likeness (QED) is 0.198. The van der Waals surface area contributed by atoms with Crippen molar-refractivity contribution >= 4 is 46.6 Å². The van der Waals surface area contributed by atoms with Crippen molar-refractivity contribution in [1.29, 1.82) is 0 Å². The number of carboxylic acid groups (broad SMARTS) is 1. The van der Waals surface area contributed by atoms with Gasteiger partial charge in [0, 0.05) is 36.3 Å². The number of ether oxygens (including phenoxy) is 1. The lowest BCUT2D eigenvalue weighted by atomic mass is 9.84. The molecule has 226 valence electrons. The molecule has 0 atom stereocenters. The normalized spacial score (nSPS) is 16.6. The molecule has 0 radical (unpaired) electrons. The lowest BCUT2D eigenvalue weighted by molar-refractivity contribution is 0.0115. The maximum atomic E-state index is 11.6. The molecule has 9 nitrogen and oxygen atoms in total. The molecule has 0 unspecified atom stereocenters. The van der Waals surface area contributed by atoms with Gasteiger partial charge in [0.2, 0.25) is 0 Å². The van der Waals surface area contributed by atoms with Gasteiger partial charge in [-0.1, -0.05) is 46.9 Å². The van der Waals surface area contributed by atoms with Crippen LogP contribution in [0.4, 0.5) is 5.82 Å². The number of carbonyl (C=O) groups is 1. The summed E-state index contributed by atoms with van der Waals surface area (Å²) in [6, 6.07) is 12.3. The summed E-state index contributed by atoms with van der Waals surface area (Å²) in [5, 5.41) is 31.4. The number of aliphatic hydroxyl groups is 1. The zero-order valence-electron chi connectivity index (χ0n) is 23.8. The highest BCUT2D eigenvalue weighted by Crippen LogP contribution is 2.44. The highest BCUT2D eigenvalue weighted by molar-refractivity contribution is 6.37. The van der Waals surface area contributed by atoms with Crippen LogP contribution in [-0.2, 0) is 12.2 Å². The summed E-state index contributed by atoms with van der Waals surface area (Å²) in [5.74, 6) is 0.669. The fourth-order valence-electron chi connectivity index (χ4n) is 5.75. The van der Waals surface area contributed by atoms with Crippen LogP contribution in [0.2, 0.25) is 15.1 Å². The number of halogens is 3. The summed E-state index contributed by atoms with van der Waals surface area (Å²) in [6.45, 7) is 5.18. The van der Waals surface area contributed by atoms with Gasteiger partial charge in [-0.3, -0.25) is 0 Å². The Morgan fingerprint density at radius 2 is 1.77 bits per heavy atom. The molecule has 0 amide bonds. The smallest absolute Gasteiger partial charge is 0.356 e. The van der Waals surface area contributed by atoms with E-state index in [2.05, 4.69) is 15.1 Å². The monoisotopic (exact) mass is 643 g/mol. The maximum Gasteiger partial charge on any atom is 0.356 e. The van der Waals surface area contributed by atoms with Crippen molar-refractivity contribution in [1.82, 2.24) is 19.6 Å². The molecule has 2 N–H and O–H groups in total. The maximum absolute atomic E-state index is 11.6. The predicted molar refractivity (Wildman–Crippen MR) is 166 cm³/mol. The second kappa shape index (κ2) is 11.7. The molecular formula is C31H32Cl3N5O4. The van der Waals surface area contributed by atoms with E-state index >= 15 is 0 Å². The average Bonchev–Trinajstić information content (AvgIpc) is 3.56. The number of anilines is 1. The van der Waals surface area contributed by atoms with Crippen LogP contribution in [-0.4, -0.2) is 48.8 Å². The van der Waals surface area contributed by atoms with Crippen LogP contribution in [0.5, 0.6) is 5.75 Å². The minimum Gasteiger partial charge on any atom is -0.487 e. The van der Waals surface area contributed by atoms with E-state index in [9.17, 15) is 15.0 Å². The van der Waals surface area contributed by atoms with Crippen LogP contribution in [0.15, 0.2) is 48.7 Å². The van der Waals surface area contributed by atoms with Crippen molar-refractivity contribution in [3.05, 3.63) is 86.2 Å². The molecular weight excluding hydrogens is 613 g/mol. The van der Waals surface area contributed by atoms with Crippen molar-refractivity contribution in [2.45, 2.75) is 63.7 Å². The van der Waals surface area contributed by atoms with Gasteiger partial charge in [-0.05, 0) is 69.7 Å². The van der Waals surface area contributed by atoms with Crippen LogP contribution in [0, 0.1) is 0 Å². The molecule has 0 spiro atoms.